The number of nitrogens with zero attached hydrogens (tertiary/aromatic N) is 1. The predicted octanol–water partition coefficient (Wildman–Crippen LogP) is 2.89. The predicted molar refractivity (Wildman–Crippen MR) is 105 cm³/mol. The van der Waals surface area contributed by atoms with Gasteiger partial charge in [0.1, 0.15) is 18.7 Å². The smallest absolute Gasteiger partial charge is 0.129 e. The first-order valence-corrected chi connectivity index (χ1v) is 10.6. The number of quaternary nitrogens is 1. The number of carbonyl (C=O) groups excluding carboxylic acids is 1. The fourth-order valence-corrected chi connectivity index (χ4v) is 3.58. The van der Waals surface area contributed by atoms with Gasteiger partial charge in [0, 0.05) is 13.0 Å². The fraction of sp³-hybridized carbons (Fsp3) is 0.952. The molecule has 0 amide bonds. The molecule has 0 aromatic heterocycles. The van der Waals surface area contributed by atoms with Gasteiger partial charge >= 0.3 is 0 Å². The van der Waals surface area contributed by atoms with E-state index in [2.05, 4.69) is 6.92 Å². The van der Waals surface area contributed by atoms with Crippen molar-refractivity contribution in [2.45, 2.75) is 96.6 Å². The zero-order valence-electron chi connectivity index (χ0n) is 17.7. The van der Waals surface area contributed by atoms with Gasteiger partial charge in [-0.2, -0.15) is 0 Å². The Labute approximate surface area is 161 Å². The average molecular weight is 374 g/mol. The Hall–Kier alpha value is -0.650. The van der Waals surface area contributed by atoms with Gasteiger partial charge in [0.25, 0.3) is 0 Å². The molecule has 0 aliphatic rings. The quantitative estimate of drug-likeness (QED) is 0.296. The van der Waals surface area contributed by atoms with E-state index in [1.807, 2.05) is 21.0 Å². The Morgan fingerprint density at radius 2 is 1.46 bits per heavy atom. The van der Waals surface area contributed by atoms with Crippen molar-refractivity contribution in [2.75, 3.05) is 33.9 Å². The summed E-state index contributed by atoms with van der Waals surface area (Å²) < 4.78 is 5.77. The number of unbranched alkanes of at least 4 members (excludes halogenated alkanes) is 9. The van der Waals surface area contributed by atoms with Gasteiger partial charge in [-0.05, 0) is 6.42 Å². The van der Waals surface area contributed by atoms with Crippen LogP contribution in [0.5, 0.6) is 0 Å². The number of ether oxygens (including phenoxy) is 1. The van der Waals surface area contributed by atoms with E-state index < -0.39 is 18.1 Å². The highest BCUT2D eigenvalue weighted by Crippen LogP contribution is 2.12. The molecule has 0 bridgehead atoms. The molecule has 0 radical (unpaired) electrons. The summed E-state index contributed by atoms with van der Waals surface area (Å²) in [5, 5.41) is 21.3. The largest absolute Gasteiger partial charge is 0.544 e. The standard InChI is InChI=1S/C21H43NO4/c1-5-7-8-9-10-11-12-13-14-15-16-26-18-19(23)17-22(3,4)20(6-2)21(24)25/h19-20,23H,5-18H2,1-4H3. The van der Waals surface area contributed by atoms with Crippen molar-refractivity contribution < 1.29 is 24.2 Å². The summed E-state index contributed by atoms with van der Waals surface area (Å²) in [6.45, 7) is 5.36. The fourth-order valence-electron chi connectivity index (χ4n) is 3.58. The van der Waals surface area contributed by atoms with Crippen molar-refractivity contribution >= 4 is 5.97 Å². The molecule has 2 unspecified atom stereocenters. The van der Waals surface area contributed by atoms with E-state index in [1.165, 1.54) is 57.8 Å². The molecule has 0 aliphatic carbocycles. The number of hydrogen-bond acceptors (Lipinski definition) is 4. The van der Waals surface area contributed by atoms with E-state index >= 15 is 0 Å². The van der Waals surface area contributed by atoms with Crippen molar-refractivity contribution in [3.8, 4) is 0 Å². The number of carbonyl (C=O) groups is 1. The van der Waals surface area contributed by atoms with Crippen LogP contribution in [0.1, 0.15) is 84.5 Å². The van der Waals surface area contributed by atoms with Gasteiger partial charge in [-0.15, -0.1) is 0 Å². The molecule has 0 spiro atoms. The molecule has 26 heavy (non-hydrogen) atoms. The number of carboxylic acids is 1. The Morgan fingerprint density at radius 1 is 0.962 bits per heavy atom. The molecule has 0 aromatic rings. The molecule has 0 saturated heterocycles. The number of likely N-dealkylation sites (N-methyl/N-ethyl adjacent to an activating group) is 1. The van der Waals surface area contributed by atoms with Gasteiger partial charge in [0.15, 0.2) is 0 Å². The monoisotopic (exact) mass is 373 g/mol. The van der Waals surface area contributed by atoms with E-state index in [1.54, 1.807) is 0 Å². The van der Waals surface area contributed by atoms with Crippen LogP contribution in [0.4, 0.5) is 0 Å². The topological polar surface area (TPSA) is 69.6 Å². The second kappa shape index (κ2) is 15.4. The summed E-state index contributed by atoms with van der Waals surface area (Å²) >= 11 is 0. The summed E-state index contributed by atoms with van der Waals surface area (Å²) in [6, 6.07) is -0.605. The maximum atomic E-state index is 11.2. The van der Waals surface area contributed by atoms with Crippen molar-refractivity contribution in [3.63, 3.8) is 0 Å². The van der Waals surface area contributed by atoms with E-state index in [0.717, 1.165) is 6.42 Å². The first kappa shape index (κ1) is 25.4. The normalized spacial score (nSPS) is 14.3. The first-order chi connectivity index (χ1) is 12.3. The van der Waals surface area contributed by atoms with Gasteiger partial charge < -0.3 is 24.2 Å². The molecule has 1 N–H and O–H groups in total. The minimum atomic E-state index is -1.06. The lowest BCUT2D eigenvalue weighted by molar-refractivity contribution is -0.911. The van der Waals surface area contributed by atoms with Crippen LogP contribution >= 0.6 is 0 Å². The zero-order valence-corrected chi connectivity index (χ0v) is 17.7. The van der Waals surface area contributed by atoms with Crippen LogP contribution in [-0.2, 0) is 9.53 Å². The van der Waals surface area contributed by atoms with Gasteiger partial charge in [-0.25, -0.2) is 0 Å². The molecular formula is C21H43NO4. The summed E-state index contributed by atoms with van der Waals surface area (Å²) in [5.74, 6) is -1.06. The summed E-state index contributed by atoms with van der Waals surface area (Å²) in [7, 11) is 3.63. The highest BCUT2D eigenvalue weighted by molar-refractivity contribution is 5.69. The minimum Gasteiger partial charge on any atom is -0.544 e. The number of aliphatic carboxylic acids is 1. The lowest BCUT2D eigenvalue weighted by Crippen LogP contribution is -2.59. The SMILES string of the molecule is CCCCCCCCCCCCOCC(O)C[N+](C)(C)C(CC)C(=O)[O-]. The van der Waals surface area contributed by atoms with Crippen LogP contribution in [0, 0.1) is 0 Å². The van der Waals surface area contributed by atoms with Crippen molar-refractivity contribution in [1.82, 2.24) is 0 Å². The molecule has 0 heterocycles. The van der Waals surface area contributed by atoms with Crippen LogP contribution in [0.3, 0.4) is 0 Å². The van der Waals surface area contributed by atoms with E-state index in [-0.39, 0.29) is 11.1 Å². The third-order valence-electron chi connectivity index (χ3n) is 5.14. The van der Waals surface area contributed by atoms with E-state index in [9.17, 15) is 15.0 Å². The molecule has 0 saturated carbocycles. The molecule has 156 valence electrons. The molecule has 5 nitrogen and oxygen atoms in total. The molecule has 0 aromatic carbocycles. The maximum Gasteiger partial charge on any atom is 0.129 e. The highest BCUT2D eigenvalue weighted by atomic mass is 16.5. The van der Waals surface area contributed by atoms with E-state index in [4.69, 9.17) is 4.74 Å². The Balaban J connectivity index is 3.62. The van der Waals surface area contributed by atoms with Crippen molar-refractivity contribution in [2.24, 2.45) is 0 Å². The van der Waals surface area contributed by atoms with Gasteiger partial charge in [0.2, 0.25) is 0 Å². The van der Waals surface area contributed by atoms with Crippen LogP contribution in [0.15, 0.2) is 0 Å². The minimum absolute atomic E-state index is 0.210. The number of hydrogen-bond donors (Lipinski definition) is 1. The summed E-state index contributed by atoms with van der Waals surface area (Å²) in [6.07, 6.45) is 12.7. The third-order valence-corrected chi connectivity index (χ3v) is 5.14. The third kappa shape index (κ3) is 12.7. The molecule has 0 aliphatic heterocycles. The first-order valence-electron chi connectivity index (χ1n) is 10.6. The van der Waals surface area contributed by atoms with Gasteiger partial charge in [-0.1, -0.05) is 71.6 Å². The number of carboxylic acid groups (broad SMARTS) is 1. The lowest BCUT2D eigenvalue weighted by Gasteiger charge is -2.39. The molecule has 0 fully saturated rings. The lowest BCUT2D eigenvalue weighted by atomic mass is 10.1. The van der Waals surface area contributed by atoms with E-state index in [0.29, 0.717) is 19.6 Å². The zero-order chi connectivity index (χ0) is 19.8. The van der Waals surface area contributed by atoms with Crippen LogP contribution in [0.2, 0.25) is 0 Å². The Bertz CT molecular complexity index is 347. The molecule has 0 rings (SSSR count). The number of aliphatic hydroxyl groups is 1. The second-order valence-electron chi connectivity index (χ2n) is 8.12. The van der Waals surface area contributed by atoms with Crippen LogP contribution in [-0.4, -0.2) is 61.6 Å². The summed E-state index contributed by atoms with van der Waals surface area (Å²) in [4.78, 5) is 11.2. The maximum absolute atomic E-state index is 11.2. The molecule has 5 heteroatoms. The number of rotatable bonds is 18. The second-order valence-corrected chi connectivity index (χ2v) is 8.12. The number of aliphatic hydroxyl groups excluding tert-OH is 1. The Morgan fingerprint density at radius 3 is 1.92 bits per heavy atom. The van der Waals surface area contributed by atoms with Crippen molar-refractivity contribution in [3.05, 3.63) is 0 Å². The molecular weight excluding hydrogens is 330 g/mol. The van der Waals surface area contributed by atoms with Crippen molar-refractivity contribution in [1.29, 1.82) is 0 Å². The Kier molecular flexibility index (Phi) is 15.0. The highest BCUT2D eigenvalue weighted by Gasteiger charge is 2.30. The average Bonchev–Trinajstić information content (AvgIpc) is 2.55. The van der Waals surface area contributed by atoms with Gasteiger partial charge in [-0.3, -0.25) is 0 Å². The van der Waals surface area contributed by atoms with Gasteiger partial charge in [0.05, 0.1) is 26.7 Å². The van der Waals surface area contributed by atoms with Crippen LogP contribution in [0.25, 0.3) is 0 Å². The summed E-state index contributed by atoms with van der Waals surface area (Å²) in [5.41, 5.74) is 0. The molecule has 2 atom stereocenters. The van der Waals surface area contributed by atoms with Crippen LogP contribution < -0.4 is 5.11 Å².